The summed E-state index contributed by atoms with van der Waals surface area (Å²) < 4.78 is 11.4. The SMILES string of the molecule is C[C@H]1OC(C)(C)O[C@H]1c1cc(N)ccn1. The number of anilines is 1. The molecule has 0 spiro atoms. The van der Waals surface area contributed by atoms with Crippen LogP contribution in [0.2, 0.25) is 0 Å². The quantitative estimate of drug-likeness (QED) is 0.765. The molecule has 82 valence electrons. The Labute approximate surface area is 89.4 Å². The molecule has 4 heteroatoms. The van der Waals surface area contributed by atoms with Gasteiger partial charge in [-0.3, -0.25) is 4.98 Å². The van der Waals surface area contributed by atoms with E-state index in [2.05, 4.69) is 4.98 Å². The molecule has 1 aromatic rings. The fourth-order valence-electron chi connectivity index (χ4n) is 1.86. The summed E-state index contributed by atoms with van der Waals surface area (Å²) in [4.78, 5) is 4.25. The molecule has 0 saturated carbocycles. The summed E-state index contributed by atoms with van der Waals surface area (Å²) in [6, 6.07) is 3.58. The van der Waals surface area contributed by atoms with Crippen molar-refractivity contribution in [3.05, 3.63) is 24.0 Å². The Hall–Kier alpha value is -1.13. The first-order valence-corrected chi connectivity index (χ1v) is 5.05. The van der Waals surface area contributed by atoms with Gasteiger partial charge in [-0.15, -0.1) is 0 Å². The third-order valence-electron chi connectivity index (χ3n) is 2.40. The fraction of sp³-hybridized carbons (Fsp3) is 0.545. The van der Waals surface area contributed by atoms with Crippen molar-refractivity contribution in [2.75, 3.05) is 5.73 Å². The van der Waals surface area contributed by atoms with E-state index < -0.39 is 5.79 Å². The molecular weight excluding hydrogens is 192 g/mol. The molecule has 1 aliphatic rings. The van der Waals surface area contributed by atoms with Gasteiger partial charge in [0.2, 0.25) is 0 Å². The van der Waals surface area contributed by atoms with E-state index in [-0.39, 0.29) is 12.2 Å². The zero-order valence-corrected chi connectivity index (χ0v) is 9.23. The molecule has 0 bridgehead atoms. The van der Waals surface area contributed by atoms with Crippen LogP contribution in [0.5, 0.6) is 0 Å². The van der Waals surface area contributed by atoms with Gasteiger partial charge in [-0.25, -0.2) is 0 Å². The van der Waals surface area contributed by atoms with Crippen molar-refractivity contribution < 1.29 is 9.47 Å². The second-order valence-electron chi connectivity index (χ2n) is 4.28. The van der Waals surface area contributed by atoms with Gasteiger partial charge in [0.25, 0.3) is 0 Å². The lowest BCUT2D eigenvalue weighted by Gasteiger charge is -2.16. The molecule has 2 rings (SSSR count). The molecule has 0 amide bonds. The number of nitrogens with two attached hydrogens (primary N) is 1. The highest BCUT2D eigenvalue weighted by atomic mass is 16.7. The first-order chi connectivity index (χ1) is 6.98. The van der Waals surface area contributed by atoms with E-state index in [4.69, 9.17) is 15.2 Å². The van der Waals surface area contributed by atoms with Gasteiger partial charge < -0.3 is 15.2 Å². The Balaban J connectivity index is 2.25. The van der Waals surface area contributed by atoms with Crippen LogP contribution in [0.4, 0.5) is 5.69 Å². The van der Waals surface area contributed by atoms with Gasteiger partial charge in [-0.1, -0.05) is 0 Å². The average molecular weight is 208 g/mol. The topological polar surface area (TPSA) is 57.4 Å². The number of ether oxygens (including phenoxy) is 2. The molecule has 2 N–H and O–H groups in total. The van der Waals surface area contributed by atoms with Crippen LogP contribution in [0.3, 0.4) is 0 Å². The van der Waals surface area contributed by atoms with E-state index in [0.717, 1.165) is 5.69 Å². The number of hydrogen-bond acceptors (Lipinski definition) is 4. The summed E-state index contributed by atoms with van der Waals surface area (Å²) in [6.45, 7) is 5.77. The Morgan fingerprint density at radius 1 is 1.40 bits per heavy atom. The summed E-state index contributed by atoms with van der Waals surface area (Å²) in [5.41, 5.74) is 7.22. The minimum atomic E-state index is -0.545. The van der Waals surface area contributed by atoms with Crippen LogP contribution in [0.25, 0.3) is 0 Å². The van der Waals surface area contributed by atoms with Crippen molar-refractivity contribution in [1.29, 1.82) is 0 Å². The number of rotatable bonds is 1. The predicted molar refractivity (Wildman–Crippen MR) is 57.1 cm³/mol. The van der Waals surface area contributed by atoms with Gasteiger partial charge in [0.15, 0.2) is 5.79 Å². The second kappa shape index (κ2) is 3.47. The number of nitrogens with zero attached hydrogens (tertiary/aromatic N) is 1. The zero-order chi connectivity index (χ0) is 11.1. The first-order valence-electron chi connectivity index (χ1n) is 5.05. The summed E-state index contributed by atoms with van der Waals surface area (Å²) in [7, 11) is 0. The van der Waals surface area contributed by atoms with Crippen molar-refractivity contribution in [2.45, 2.75) is 38.8 Å². The molecule has 0 unspecified atom stereocenters. The van der Waals surface area contributed by atoms with Crippen LogP contribution < -0.4 is 5.73 Å². The first kappa shape index (κ1) is 10.4. The van der Waals surface area contributed by atoms with Gasteiger partial charge >= 0.3 is 0 Å². The minimum absolute atomic E-state index is 0.00528. The number of hydrogen-bond donors (Lipinski definition) is 1. The molecular formula is C11H16N2O2. The lowest BCUT2D eigenvalue weighted by atomic mass is 10.1. The van der Waals surface area contributed by atoms with Gasteiger partial charge in [0.05, 0.1) is 11.8 Å². The predicted octanol–water partition coefficient (Wildman–Crippen LogP) is 1.88. The number of pyridine rings is 1. The summed E-state index contributed by atoms with van der Waals surface area (Å²) in [5, 5.41) is 0. The third-order valence-corrected chi connectivity index (χ3v) is 2.40. The van der Waals surface area contributed by atoms with E-state index in [0.29, 0.717) is 5.69 Å². The molecule has 1 aliphatic heterocycles. The van der Waals surface area contributed by atoms with Crippen molar-refractivity contribution in [3.8, 4) is 0 Å². The molecule has 4 nitrogen and oxygen atoms in total. The third kappa shape index (κ3) is 2.11. The van der Waals surface area contributed by atoms with Crippen LogP contribution in [0.15, 0.2) is 18.3 Å². The van der Waals surface area contributed by atoms with Crippen molar-refractivity contribution >= 4 is 5.69 Å². The smallest absolute Gasteiger partial charge is 0.164 e. The molecule has 0 aliphatic carbocycles. The fourth-order valence-corrected chi connectivity index (χ4v) is 1.86. The van der Waals surface area contributed by atoms with Crippen LogP contribution in [0.1, 0.15) is 32.6 Å². The summed E-state index contributed by atoms with van der Waals surface area (Å²) in [5.74, 6) is -0.545. The maximum Gasteiger partial charge on any atom is 0.164 e. The van der Waals surface area contributed by atoms with E-state index in [1.165, 1.54) is 0 Å². The highest BCUT2D eigenvalue weighted by Gasteiger charge is 2.40. The number of aromatic nitrogens is 1. The lowest BCUT2D eigenvalue weighted by molar-refractivity contribution is -0.145. The maximum atomic E-state index is 5.76. The van der Waals surface area contributed by atoms with Crippen molar-refractivity contribution in [3.63, 3.8) is 0 Å². The van der Waals surface area contributed by atoms with E-state index in [9.17, 15) is 0 Å². The number of nitrogen functional groups attached to an aromatic ring is 1. The molecule has 1 aromatic heterocycles. The Kier molecular flexibility index (Phi) is 2.40. The van der Waals surface area contributed by atoms with Crippen LogP contribution in [-0.2, 0) is 9.47 Å². The maximum absolute atomic E-state index is 5.76. The second-order valence-corrected chi connectivity index (χ2v) is 4.28. The van der Waals surface area contributed by atoms with Crippen LogP contribution >= 0.6 is 0 Å². The Morgan fingerprint density at radius 2 is 2.13 bits per heavy atom. The Morgan fingerprint density at radius 3 is 2.67 bits per heavy atom. The zero-order valence-electron chi connectivity index (χ0n) is 9.23. The normalized spacial score (nSPS) is 29.3. The Bertz CT molecular complexity index is 365. The van der Waals surface area contributed by atoms with Gasteiger partial charge in [0.1, 0.15) is 6.10 Å². The van der Waals surface area contributed by atoms with E-state index in [1.807, 2.05) is 26.8 Å². The van der Waals surface area contributed by atoms with Crippen molar-refractivity contribution in [2.24, 2.45) is 0 Å². The van der Waals surface area contributed by atoms with Gasteiger partial charge in [0, 0.05) is 11.9 Å². The standard InChI is InChI=1S/C11H16N2O2/c1-7-10(15-11(2,3)14-7)9-6-8(12)4-5-13-9/h4-7,10H,1-3H3,(H2,12,13)/t7-,10-/m1/s1. The largest absolute Gasteiger partial charge is 0.399 e. The molecule has 1 saturated heterocycles. The summed E-state index contributed by atoms with van der Waals surface area (Å²) in [6.07, 6.45) is 1.55. The molecule has 2 heterocycles. The molecule has 0 aromatic carbocycles. The monoisotopic (exact) mass is 208 g/mol. The highest BCUT2D eigenvalue weighted by molar-refractivity contribution is 5.38. The summed E-state index contributed by atoms with van der Waals surface area (Å²) >= 11 is 0. The van der Waals surface area contributed by atoms with Crippen LogP contribution in [-0.4, -0.2) is 16.9 Å². The van der Waals surface area contributed by atoms with Gasteiger partial charge in [-0.05, 0) is 32.9 Å². The highest BCUT2D eigenvalue weighted by Crippen LogP contribution is 2.37. The van der Waals surface area contributed by atoms with Crippen molar-refractivity contribution in [1.82, 2.24) is 4.98 Å². The lowest BCUT2D eigenvalue weighted by Crippen LogP contribution is -2.20. The van der Waals surface area contributed by atoms with E-state index in [1.54, 1.807) is 12.3 Å². The average Bonchev–Trinajstić information content (AvgIpc) is 2.40. The molecule has 1 fully saturated rings. The molecule has 2 atom stereocenters. The molecule has 15 heavy (non-hydrogen) atoms. The van der Waals surface area contributed by atoms with E-state index >= 15 is 0 Å². The van der Waals surface area contributed by atoms with Crippen LogP contribution in [0, 0.1) is 0 Å². The molecule has 0 radical (unpaired) electrons. The van der Waals surface area contributed by atoms with Gasteiger partial charge in [-0.2, -0.15) is 0 Å². The minimum Gasteiger partial charge on any atom is -0.399 e.